The first kappa shape index (κ1) is 8.44. The fraction of sp³-hybridized carbons (Fsp3) is 0.444. The van der Waals surface area contributed by atoms with E-state index in [-0.39, 0.29) is 11.9 Å². The van der Waals surface area contributed by atoms with Crippen LogP contribution in [0.5, 0.6) is 5.88 Å². The summed E-state index contributed by atoms with van der Waals surface area (Å²) in [5.74, 6) is 0.0872. The number of hydrogen-bond donors (Lipinski definition) is 0. The topological polar surface area (TPSA) is 31.4 Å². The third-order valence-electron chi connectivity index (χ3n) is 1.91. The summed E-state index contributed by atoms with van der Waals surface area (Å²) in [6.07, 6.45) is 2.35. The molecule has 3 nitrogen and oxygen atoms in total. The number of hydrogen-bond acceptors (Lipinski definition) is 3. The van der Waals surface area contributed by atoms with Gasteiger partial charge in [-0.1, -0.05) is 0 Å². The molecule has 1 aromatic heterocycles. The molecule has 70 valence electrons. The van der Waals surface area contributed by atoms with Crippen LogP contribution in [0.4, 0.5) is 4.39 Å². The van der Waals surface area contributed by atoms with Crippen molar-refractivity contribution in [2.45, 2.75) is 12.5 Å². The molecule has 0 amide bonds. The van der Waals surface area contributed by atoms with Crippen molar-refractivity contribution in [3.63, 3.8) is 0 Å². The average molecular weight is 183 g/mol. The molecular weight excluding hydrogens is 173 g/mol. The number of halogens is 1. The maximum atomic E-state index is 12.4. The van der Waals surface area contributed by atoms with Crippen molar-refractivity contribution in [1.29, 1.82) is 0 Å². The molecule has 2 rings (SSSR count). The van der Waals surface area contributed by atoms with Gasteiger partial charge in [-0.3, -0.25) is 0 Å². The van der Waals surface area contributed by atoms with Crippen LogP contribution in [0.1, 0.15) is 6.42 Å². The van der Waals surface area contributed by atoms with Crippen molar-refractivity contribution in [2.75, 3.05) is 13.2 Å². The van der Waals surface area contributed by atoms with Crippen molar-refractivity contribution >= 4 is 0 Å². The van der Waals surface area contributed by atoms with Gasteiger partial charge in [0.05, 0.1) is 12.3 Å². The van der Waals surface area contributed by atoms with E-state index in [2.05, 4.69) is 4.98 Å². The molecule has 0 aromatic carbocycles. The zero-order valence-electron chi connectivity index (χ0n) is 7.07. The van der Waals surface area contributed by atoms with E-state index in [0.717, 1.165) is 19.2 Å². The van der Waals surface area contributed by atoms with Crippen LogP contribution in [0.25, 0.3) is 0 Å². The Bertz CT molecular complexity index is 271. The molecule has 0 spiro atoms. The Morgan fingerprint density at radius 3 is 3.00 bits per heavy atom. The van der Waals surface area contributed by atoms with Gasteiger partial charge in [0.1, 0.15) is 12.4 Å². The van der Waals surface area contributed by atoms with Gasteiger partial charge in [-0.25, -0.2) is 9.37 Å². The monoisotopic (exact) mass is 183 g/mol. The molecule has 0 bridgehead atoms. The van der Waals surface area contributed by atoms with Crippen molar-refractivity contribution < 1.29 is 13.9 Å². The lowest BCUT2D eigenvalue weighted by Crippen LogP contribution is -2.32. The van der Waals surface area contributed by atoms with E-state index < -0.39 is 0 Å². The molecule has 1 aromatic rings. The van der Waals surface area contributed by atoms with E-state index in [4.69, 9.17) is 9.47 Å². The van der Waals surface area contributed by atoms with Crippen LogP contribution in [0.3, 0.4) is 0 Å². The van der Waals surface area contributed by atoms with Gasteiger partial charge in [0.15, 0.2) is 0 Å². The summed E-state index contributed by atoms with van der Waals surface area (Å²) < 4.78 is 22.8. The van der Waals surface area contributed by atoms with E-state index >= 15 is 0 Å². The van der Waals surface area contributed by atoms with Gasteiger partial charge in [0.25, 0.3) is 0 Å². The molecule has 4 heteroatoms. The zero-order valence-corrected chi connectivity index (χ0v) is 7.07. The third kappa shape index (κ3) is 2.15. The van der Waals surface area contributed by atoms with Gasteiger partial charge in [0, 0.05) is 19.1 Å². The van der Waals surface area contributed by atoms with E-state index in [1.165, 1.54) is 12.1 Å². The minimum atomic E-state index is -0.354. The molecule has 1 unspecified atom stereocenters. The van der Waals surface area contributed by atoms with Crippen LogP contribution in [-0.4, -0.2) is 24.3 Å². The number of nitrogens with zero attached hydrogens (tertiary/aromatic N) is 1. The smallest absolute Gasteiger partial charge is 0.213 e. The molecule has 1 fully saturated rings. The summed E-state index contributed by atoms with van der Waals surface area (Å²) in [6.45, 7) is 1.31. The first-order valence-electron chi connectivity index (χ1n) is 4.20. The predicted octanol–water partition coefficient (Wildman–Crippen LogP) is 1.39. The Hall–Kier alpha value is -1.16. The quantitative estimate of drug-likeness (QED) is 0.709. The standard InChI is InChI=1S/C9H10FNO2/c10-7-1-2-9(11-5-7)13-6-8-3-4-12-8/h1-2,5,8H,3-4,6H2. The summed E-state index contributed by atoms with van der Waals surface area (Å²) in [6, 6.07) is 2.83. The van der Waals surface area contributed by atoms with Crippen molar-refractivity contribution in [2.24, 2.45) is 0 Å². The Balaban J connectivity index is 1.83. The number of ether oxygens (including phenoxy) is 2. The molecule has 0 radical (unpaired) electrons. The van der Waals surface area contributed by atoms with Crippen LogP contribution < -0.4 is 4.74 Å². The van der Waals surface area contributed by atoms with E-state index in [9.17, 15) is 4.39 Å². The van der Waals surface area contributed by atoms with Crippen LogP contribution in [0.2, 0.25) is 0 Å². The van der Waals surface area contributed by atoms with Crippen LogP contribution in [0.15, 0.2) is 18.3 Å². The number of aromatic nitrogens is 1. The van der Waals surface area contributed by atoms with E-state index in [1.54, 1.807) is 0 Å². The first-order chi connectivity index (χ1) is 6.34. The maximum absolute atomic E-state index is 12.4. The van der Waals surface area contributed by atoms with Gasteiger partial charge in [0.2, 0.25) is 5.88 Å². The summed E-state index contributed by atoms with van der Waals surface area (Å²) in [5.41, 5.74) is 0. The van der Waals surface area contributed by atoms with Crippen LogP contribution >= 0.6 is 0 Å². The predicted molar refractivity (Wildman–Crippen MR) is 44.0 cm³/mol. The molecule has 1 atom stereocenters. The Labute approximate surface area is 75.5 Å². The second kappa shape index (κ2) is 3.70. The lowest BCUT2D eigenvalue weighted by atomic mass is 10.2. The lowest BCUT2D eigenvalue weighted by molar-refractivity contribution is -0.0727. The SMILES string of the molecule is Fc1ccc(OCC2CCO2)nc1. The first-order valence-corrected chi connectivity index (χ1v) is 4.20. The minimum absolute atomic E-state index is 0.187. The largest absolute Gasteiger partial charge is 0.475 e. The second-order valence-corrected chi connectivity index (χ2v) is 2.91. The minimum Gasteiger partial charge on any atom is -0.475 e. The summed E-state index contributed by atoms with van der Waals surface area (Å²) in [5, 5.41) is 0. The lowest BCUT2D eigenvalue weighted by Gasteiger charge is -2.25. The molecule has 1 saturated heterocycles. The highest BCUT2D eigenvalue weighted by Gasteiger charge is 2.18. The fourth-order valence-electron chi connectivity index (χ4n) is 1.04. The summed E-state index contributed by atoms with van der Waals surface area (Å²) in [4.78, 5) is 3.76. The van der Waals surface area contributed by atoms with Crippen molar-refractivity contribution in [3.8, 4) is 5.88 Å². The number of rotatable bonds is 3. The Morgan fingerprint density at radius 1 is 1.62 bits per heavy atom. The van der Waals surface area contributed by atoms with Crippen LogP contribution in [0, 0.1) is 5.82 Å². The molecule has 2 heterocycles. The highest BCUT2D eigenvalue weighted by molar-refractivity contribution is 5.10. The molecule has 13 heavy (non-hydrogen) atoms. The highest BCUT2D eigenvalue weighted by atomic mass is 19.1. The number of pyridine rings is 1. The molecular formula is C9H10FNO2. The highest BCUT2D eigenvalue weighted by Crippen LogP contribution is 2.13. The Kier molecular flexibility index (Phi) is 2.40. The van der Waals surface area contributed by atoms with Gasteiger partial charge in [-0.05, 0) is 6.07 Å². The summed E-state index contributed by atoms with van der Waals surface area (Å²) in [7, 11) is 0. The molecule has 0 aliphatic carbocycles. The van der Waals surface area contributed by atoms with Crippen molar-refractivity contribution in [3.05, 3.63) is 24.1 Å². The fourth-order valence-corrected chi connectivity index (χ4v) is 1.04. The average Bonchev–Trinajstić information content (AvgIpc) is 2.05. The molecule has 1 aliphatic heterocycles. The molecule has 0 N–H and O–H groups in total. The van der Waals surface area contributed by atoms with Gasteiger partial charge >= 0.3 is 0 Å². The van der Waals surface area contributed by atoms with Gasteiger partial charge < -0.3 is 9.47 Å². The summed E-state index contributed by atoms with van der Waals surface area (Å²) >= 11 is 0. The second-order valence-electron chi connectivity index (χ2n) is 2.91. The van der Waals surface area contributed by atoms with E-state index in [1.807, 2.05) is 0 Å². The van der Waals surface area contributed by atoms with E-state index in [0.29, 0.717) is 12.5 Å². The Morgan fingerprint density at radius 2 is 2.46 bits per heavy atom. The van der Waals surface area contributed by atoms with Crippen molar-refractivity contribution in [1.82, 2.24) is 4.98 Å². The van der Waals surface area contributed by atoms with Gasteiger partial charge in [-0.2, -0.15) is 0 Å². The molecule has 1 aliphatic rings. The third-order valence-corrected chi connectivity index (χ3v) is 1.91. The molecule has 0 saturated carbocycles. The van der Waals surface area contributed by atoms with Crippen LogP contribution in [-0.2, 0) is 4.74 Å². The van der Waals surface area contributed by atoms with Gasteiger partial charge in [-0.15, -0.1) is 0 Å². The maximum Gasteiger partial charge on any atom is 0.213 e. The zero-order chi connectivity index (χ0) is 9.10. The normalized spacial score (nSPS) is 20.8.